The Morgan fingerprint density at radius 1 is 0.963 bits per heavy atom. The number of hydrogen-bond acceptors (Lipinski definition) is 4. The summed E-state index contributed by atoms with van der Waals surface area (Å²) in [6.45, 7) is 13.1. The molecular formula is C20H39N5O2. The Morgan fingerprint density at radius 2 is 1.59 bits per heavy atom. The summed E-state index contributed by atoms with van der Waals surface area (Å²) in [4.78, 5) is 23.7. The minimum atomic E-state index is -0.719. The van der Waals surface area contributed by atoms with Crippen LogP contribution in [0, 0.1) is 0 Å². The third-order valence-corrected chi connectivity index (χ3v) is 5.91. The normalized spacial score (nSPS) is 20.1. The fraction of sp³-hybridized carbons (Fsp3) is 0.900. The summed E-state index contributed by atoms with van der Waals surface area (Å²) in [7, 11) is 0. The van der Waals surface area contributed by atoms with E-state index in [4.69, 9.17) is 4.99 Å². The summed E-state index contributed by atoms with van der Waals surface area (Å²) in [5.74, 6) is 1.15. The predicted octanol–water partition coefficient (Wildman–Crippen LogP) is 1.13. The lowest BCUT2D eigenvalue weighted by atomic mass is 9.98. The van der Waals surface area contributed by atoms with Gasteiger partial charge in [-0.2, -0.15) is 0 Å². The van der Waals surface area contributed by atoms with E-state index >= 15 is 0 Å². The minimum absolute atomic E-state index is 0.277. The first-order valence-electron chi connectivity index (χ1n) is 10.8. The molecule has 27 heavy (non-hydrogen) atoms. The van der Waals surface area contributed by atoms with Gasteiger partial charge in [0.25, 0.3) is 0 Å². The zero-order chi connectivity index (χ0) is 19.7. The molecule has 156 valence electrons. The molecule has 1 amide bonds. The summed E-state index contributed by atoms with van der Waals surface area (Å²) in [5, 5.41) is 13.9. The first-order valence-corrected chi connectivity index (χ1v) is 10.8. The number of hydrogen-bond donors (Lipinski definition) is 2. The Kier molecular flexibility index (Phi) is 8.83. The van der Waals surface area contributed by atoms with Crippen LogP contribution >= 0.6 is 0 Å². The number of amides is 1. The third kappa shape index (κ3) is 6.64. The van der Waals surface area contributed by atoms with Gasteiger partial charge in [-0.1, -0.05) is 13.8 Å². The average molecular weight is 382 g/mol. The van der Waals surface area contributed by atoms with Crippen LogP contribution in [0.1, 0.15) is 52.9 Å². The molecule has 2 aliphatic rings. The molecule has 0 aromatic rings. The van der Waals surface area contributed by atoms with Gasteiger partial charge in [0.05, 0.1) is 18.7 Å². The van der Waals surface area contributed by atoms with Gasteiger partial charge < -0.3 is 20.2 Å². The number of piperidine rings is 1. The van der Waals surface area contributed by atoms with E-state index in [9.17, 15) is 9.90 Å². The standard InChI is InChI=1S/C20H39N5O2/c1-4-20(27,5-2)17-22-19(21-6-3)25-14-12-23(13-15-25)16-18(26)24-10-8-7-9-11-24/h27H,4-17H2,1-3H3,(H,21,22). The number of piperazine rings is 1. The number of guanidine groups is 1. The second-order valence-corrected chi connectivity index (χ2v) is 7.81. The molecule has 0 spiro atoms. The van der Waals surface area contributed by atoms with E-state index in [0.717, 1.165) is 64.6 Å². The van der Waals surface area contributed by atoms with Crippen LogP contribution in [0.15, 0.2) is 4.99 Å². The van der Waals surface area contributed by atoms with Crippen LogP contribution < -0.4 is 5.32 Å². The van der Waals surface area contributed by atoms with E-state index in [1.807, 2.05) is 18.7 Å². The SMILES string of the molecule is CCNC(=NCC(O)(CC)CC)N1CCN(CC(=O)N2CCCCC2)CC1. The highest BCUT2D eigenvalue weighted by atomic mass is 16.3. The average Bonchev–Trinajstić information content (AvgIpc) is 2.72. The Hall–Kier alpha value is -1.34. The molecule has 0 aromatic heterocycles. The third-order valence-electron chi connectivity index (χ3n) is 5.91. The van der Waals surface area contributed by atoms with Gasteiger partial charge in [-0.05, 0) is 39.0 Å². The number of nitrogens with one attached hydrogen (secondary N) is 1. The molecule has 0 radical (unpaired) electrons. The van der Waals surface area contributed by atoms with E-state index in [-0.39, 0.29) is 5.91 Å². The highest BCUT2D eigenvalue weighted by Crippen LogP contribution is 2.15. The zero-order valence-electron chi connectivity index (χ0n) is 17.5. The maximum atomic E-state index is 12.5. The summed E-state index contributed by atoms with van der Waals surface area (Å²) in [6, 6.07) is 0. The maximum absolute atomic E-state index is 12.5. The van der Waals surface area contributed by atoms with Gasteiger partial charge in [0.1, 0.15) is 0 Å². The molecule has 7 heteroatoms. The summed E-state index contributed by atoms with van der Waals surface area (Å²) in [6.07, 6.45) is 4.95. The van der Waals surface area contributed by atoms with Crippen molar-refractivity contribution >= 4 is 11.9 Å². The van der Waals surface area contributed by atoms with Crippen molar-refractivity contribution in [2.75, 3.05) is 58.9 Å². The van der Waals surface area contributed by atoms with E-state index in [2.05, 4.69) is 22.0 Å². The van der Waals surface area contributed by atoms with Crippen molar-refractivity contribution in [3.05, 3.63) is 0 Å². The van der Waals surface area contributed by atoms with Crippen LogP contribution in [-0.2, 0) is 4.79 Å². The Morgan fingerprint density at radius 3 is 2.15 bits per heavy atom. The van der Waals surface area contributed by atoms with Crippen molar-refractivity contribution in [2.45, 2.75) is 58.5 Å². The molecule has 0 aromatic carbocycles. The smallest absolute Gasteiger partial charge is 0.236 e. The van der Waals surface area contributed by atoms with Crippen LogP contribution in [-0.4, -0.2) is 96.2 Å². The Bertz CT molecular complexity index is 479. The monoisotopic (exact) mass is 381 g/mol. The van der Waals surface area contributed by atoms with Gasteiger partial charge in [-0.3, -0.25) is 14.7 Å². The van der Waals surface area contributed by atoms with E-state index < -0.39 is 5.60 Å². The number of aliphatic hydroxyl groups is 1. The number of rotatable bonds is 7. The molecule has 2 heterocycles. The van der Waals surface area contributed by atoms with Crippen LogP contribution in [0.3, 0.4) is 0 Å². The number of aliphatic imine (C=N–C) groups is 1. The predicted molar refractivity (Wildman–Crippen MR) is 110 cm³/mol. The lowest BCUT2D eigenvalue weighted by molar-refractivity contribution is -0.133. The second kappa shape index (κ2) is 10.9. The maximum Gasteiger partial charge on any atom is 0.236 e. The van der Waals surface area contributed by atoms with Crippen LogP contribution in [0.2, 0.25) is 0 Å². The molecule has 0 saturated carbocycles. The fourth-order valence-electron chi connectivity index (χ4n) is 3.67. The van der Waals surface area contributed by atoms with Crippen molar-refractivity contribution in [1.82, 2.24) is 20.0 Å². The number of carbonyl (C=O) groups is 1. The van der Waals surface area contributed by atoms with E-state index in [0.29, 0.717) is 25.9 Å². The van der Waals surface area contributed by atoms with Gasteiger partial charge in [-0.25, -0.2) is 0 Å². The zero-order valence-corrected chi connectivity index (χ0v) is 17.5. The number of carbonyl (C=O) groups excluding carboxylic acids is 1. The first-order chi connectivity index (χ1) is 13.0. The van der Waals surface area contributed by atoms with E-state index in [1.165, 1.54) is 6.42 Å². The Balaban J connectivity index is 1.84. The number of likely N-dealkylation sites (tertiary alicyclic amines) is 1. The molecule has 2 aliphatic heterocycles. The molecule has 0 unspecified atom stereocenters. The molecule has 2 rings (SSSR count). The van der Waals surface area contributed by atoms with Gasteiger partial charge in [0.15, 0.2) is 5.96 Å². The summed E-state index contributed by atoms with van der Waals surface area (Å²) < 4.78 is 0. The largest absolute Gasteiger partial charge is 0.388 e. The molecule has 2 N–H and O–H groups in total. The topological polar surface area (TPSA) is 71.4 Å². The Labute approximate surface area is 164 Å². The lowest BCUT2D eigenvalue weighted by Crippen LogP contribution is -2.54. The molecule has 2 saturated heterocycles. The van der Waals surface area contributed by atoms with Gasteiger partial charge in [0.2, 0.25) is 5.91 Å². The minimum Gasteiger partial charge on any atom is -0.388 e. The fourth-order valence-corrected chi connectivity index (χ4v) is 3.67. The molecular weight excluding hydrogens is 342 g/mol. The van der Waals surface area contributed by atoms with Crippen LogP contribution in [0.25, 0.3) is 0 Å². The highest BCUT2D eigenvalue weighted by molar-refractivity contribution is 5.80. The van der Waals surface area contributed by atoms with Crippen molar-refractivity contribution in [2.24, 2.45) is 4.99 Å². The van der Waals surface area contributed by atoms with E-state index in [1.54, 1.807) is 0 Å². The number of nitrogens with zero attached hydrogens (tertiary/aromatic N) is 4. The quantitative estimate of drug-likeness (QED) is 0.511. The lowest BCUT2D eigenvalue weighted by Gasteiger charge is -2.37. The second-order valence-electron chi connectivity index (χ2n) is 7.81. The molecule has 0 bridgehead atoms. The molecule has 7 nitrogen and oxygen atoms in total. The van der Waals surface area contributed by atoms with Gasteiger partial charge >= 0.3 is 0 Å². The van der Waals surface area contributed by atoms with Crippen molar-refractivity contribution in [1.29, 1.82) is 0 Å². The highest BCUT2D eigenvalue weighted by Gasteiger charge is 2.26. The van der Waals surface area contributed by atoms with Gasteiger partial charge in [0, 0.05) is 45.8 Å². The summed E-state index contributed by atoms with van der Waals surface area (Å²) in [5.41, 5.74) is -0.719. The first kappa shape index (κ1) is 22.0. The molecule has 2 fully saturated rings. The van der Waals surface area contributed by atoms with Crippen molar-refractivity contribution < 1.29 is 9.90 Å². The van der Waals surface area contributed by atoms with Gasteiger partial charge in [-0.15, -0.1) is 0 Å². The van der Waals surface area contributed by atoms with Crippen LogP contribution in [0.4, 0.5) is 0 Å². The summed E-state index contributed by atoms with van der Waals surface area (Å²) >= 11 is 0. The molecule has 0 aliphatic carbocycles. The van der Waals surface area contributed by atoms with Crippen molar-refractivity contribution in [3.63, 3.8) is 0 Å². The van der Waals surface area contributed by atoms with Crippen LogP contribution in [0.5, 0.6) is 0 Å². The molecule has 0 atom stereocenters. The van der Waals surface area contributed by atoms with Crippen molar-refractivity contribution in [3.8, 4) is 0 Å².